The minimum atomic E-state index is -1.18. The maximum atomic E-state index is 12.9. The summed E-state index contributed by atoms with van der Waals surface area (Å²) in [6.45, 7) is 7.57. The van der Waals surface area contributed by atoms with Gasteiger partial charge in [-0.1, -0.05) is 27.2 Å². The number of unbranched alkanes of at least 4 members (excludes halogenated alkanes) is 1. The largest absolute Gasteiger partial charge is 0.503 e. The van der Waals surface area contributed by atoms with Gasteiger partial charge in [0, 0.05) is 31.9 Å². The van der Waals surface area contributed by atoms with Crippen molar-refractivity contribution >= 4 is 17.8 Å². The van der Waals surface area contributed by atoms with Gasteiger partial charge in [-0.25, -0.2) is 9.78 Å². The fraction of sp³-hybridized carbons (Fsp3) is 0.667. The minimum absolute atomic E-state index is 0.0625. The topological polar surface area (TPSA) is 143 Å². The number of aromatic hydroxyl groups is 1. The number of ether oxygens (including phenoxy) is 5. The van der Waals surface area contributed by atoms with Gasteiger partial charge in [-0.3, -0.25) is 9.59 Å². The van der Waals surface area contributed by atoms with Gasteiger partial charge in [0.25, 0.3) is 5.91 Å². The zero-order valence-electron chi connectivity index (χ0n) is 20.9. The van der Waals surface area contributed by atoms with Crippen LogP contribution in [0.5, 0.6) is 11.5 Å². The molecule has 2 N–H and O–H groups in total. The molecular formula is C24H36N2O9. The summed E-state index contributed by atoms with van der Waals surface area (Å²) >= 11 is 0. The zero-order chi connectivity index (χ0) is 26.0. The highest BCUT2D eigenvalue weighted by Gasteiger charge is 2.37. The van der Waals surface area contributed by atoms with Crippen molar-refractivity contribution in [2.24, 2.45) is 5.92 Å². The highest BCUT2D eigenvalue weighted by Crippen LogP contribution is 2.27. The number of carbonyl (C=O) groups is 3. The highest BCUT2D eigenvalue weighted by atomic mass is 16.6. The number of nitrogens with one attached hydrogen (secondary N) is 1. The molecule has 1 saturated heterocycles. The predicted molar refractivity (Wildman–Crippen MR) is 124 cm³/mol. The van der Waals surface area contributed by atoms with E-state index in [0.717, 1.165) is 12.8 Å². The molecular weight excluding hydrogens is 460 g/mol. The molecule has 4 atom stereocenters. The van der Waals surface area contributed by atoms with E-state index in [1.54, 1.807) is 20.8 Å². The van der Waals surface area contributed by atoms with Gasteiger partial charge >= 0.3 is 11.9 Å². The number of pyridine rings is 1. The van der Waals surface area contributed by atoms with Crippen LogP contribution in [-0.2, 0) is 28.5 Å². The molecule has 11 nitrogen and oxygen atoms in total. The lowest BCUT2D eigenvalue weighted by Crippen LogP contribution is -2.51. The summed E-state index contributed by atoms with van der Waals surface area (Å²) in [7, 11) is 1.34. The Balaban J connectivity index is 2.19. The van der Waals surface area contributed by atoms with E-state index in [1.807, 2.05) is 6.92 Å². The minimum Gasteiger partial charge on any atom is -0.503 e. The van der Waals surface area contributed by atoms with Crippen LogP contribution in [0.4, 0.5) is 0 Å². The Morgan fingerprint density at radius 2 is 2.09 bits per heavy atom. The molecule has 1 fully saturated rings. The zero-order valence-corrected chi connectivity index (χ0v) is 20.9. The third-order valence-electron chi connectivity index (χ3n) is 5.43. The first-order valence-electron chi connectivity index (χ1n) is 11.8. The van der Waals surface area contributed by atoms with E-state index < -0.39 is 47.9 Å². The Morgan fingerprint density at radius 3 is 2.74 bits per heavy atom. The van der Waals surface area contributed by atoms with Gasteiger partial charge in [0.15, 0.2) is 29.3 Å². The van der Waals surface area contributed by atoms with Crippen molar-refractivity contribution in [3.8, 4) is 11.5 Å². The first kappa shape index (κ1) is 28.3. The van der Waals surface area contributed by atoms with Gasteiger partial charge in [0.2, 0.25) is 0 Å². The molecule has 1 amide bonds. The molecule has 0 aromatic carbocycles. The lowest BCUT2D eigenvalue weighted by atomic mass is 10.0. The molecule has 0 radical (unpaired) electrons. The van der Waals surface area contributed by atoms with Crippen LogP contribution < -0.4 is 10.1 Å². The van der Waals surface area contributed by atoms with Crippen LogP contribution >= 0.6 is 0 Å². The second-order valence-electron chi connectivity index (χ2n) is 8.56. The molecule has 0 saturated carbocycles. The molecule has 2 rings (SSSR count). The van der Waals surface area contributed by atoms with Gasteiger partial charge in [-0.2, -0.15) is 0 Å². The van der Waals surface area contributed by atoms with Crippen molar-refractivity contribution in [1.29, 1.82) is 0 Å². The van der Waals surface area contributed by atoms with E-state index in [2.05, 4.69) is 10.3 Å². The van der Waals surface area contributed by atoms with E-state index in [1.165, 1.54) is 19.4 Å². The van der Waals surface area contributed by atoms with Crippen molar-refractivity contribution < 1.29 is 43.2 Å². The third kappa shape index (κ3) is 8.07. The first-order chi connectivity index (χ1) is 16.7. The third-order valence-corrected chi connectivity index (χ3v) is 5.43. The van der Waals surface area contributed by atoms with E-state index in [9.17, 15) is 19.5 Å². The van der Waals surface area contributed by atoms with Crippen molar-refractivity contribution in [1.82, 2.24) is 10.3 Å². The van der Waals surface area contributed by atoms with Crippen molar-refractivity contribution in [3.63, 3.8) is 0 Å². The smallest absolute Gasteiger partial charge is 0.331 e. The standard InChI is InChI=1S/C24H36N2O9/c1-6-7-11-33-18-9-12-32-13-16(24(30)34-15(4)21(18)35-23(29)14(2)3)26-22(28)19-20(27)17(31-5)8-10-25-19/h8,10,14-16,18,21,27H,6-7,9,11-13H2,1-5H3,(H,26,28)/t15-,16-,18-,21-/m0/s1. The maximum Gasteiger partial charge on any atom is 0.331 e. The van der Waals surface area contributed by atoms with E-state index in [0.29, 0.717) is 13.0 Å². The van der Waals surface area contributed by atoms with Gasteiger partial charge < -0.3 is 34.1 Å². The number of aromatic nitrogens is 1. The average Bonchev–Trinajstić information content (AvgIpc) is 2.82. The number of methoxy groups -OCH3 is 1. The monoisotopic (exact) mass is 496 g/mol. The maximum absolute atomic E-state index is 12.9. The van der Waals surface area contributed by atoms with Crippen LogP contribution in [0.25, 0.3) is 0 Å². The summed E-state index contributed by atoms with van der Waals surface area (Å²) < 4.78 is 27.9. The van der Waals surface area contributed by atoms with Crippen molar-refractivity contribution in [2.75, 3.05) is 26.9 Å². The van der Waals surface area contributed by atoms with E-state index >= 15 is 0 Å². The average molecular weight is 497 g/mol. The summed E-state index contributed by atoms with van der Waals surface area (Å²) in [6, 6.07) is 0.211. The molecule has 1 aromatic heterocycles. The summed E-state index contributed by atoms with van der Waals surface area (Å²) in [6.07, 6.45) is 1.21. The van der Waals surface area contributed by atoms with Gasteiger partial charge in [0.1, 0.15) is 12.2 Å². The fourth-order valence-electron chi connectivity index (χ4n) is 3.36. The molecule has 11 heteroatoms. The number of rotatable bonds is 9. The molecule has 35 heavy (non-hydrogen) atoms. The van der Waals surface area contributed by atoms with Crippen LogP contribution in [0.1, 0.15) is 57.4 Å². The molecule has 1 aromatic rings. The first-order valence-corrected chi connectivity index (χ1v) is 11.8. The molecule has 1 aliphatic heterocycles. The second kappa shape index (κ2) is 13.8. The van der Waals surface area contributed by atoms with Crippen LogP contribution in [-0.4, -0.2) is 79.2 Å². The molecule has 196 valence electrons. The number of cyclic esters (lactones) is 1. The lowest BCUT2D eigenvalue weighted by molar-refractivity contribution is -0.187. The van der Waals surface area contributed by atoms with Gasteiger partial charge in [-0.05, 0) is 13.3 Å². The molecule has 0 unspecified atom stereocenters. The number of carbonyl (C=O) groups excluding carboxylic acids is 3. The highest BCUT2D eigenvalue weighted by molar-refractivity contribution is 5.98. The van der Waals surface area contributed by atoms with Gasteiger partial charge in [0.05, 0.1) is 19.6 Å². The number of amides is 1. The number of hydrogen-bond acceptors (Lipinski definition) is 10. The number of nitrogens with zero attached hydrogens (tertiary/aromatic N) is 1. The van der Waals surface area contributed by atoms with Crippen molar-refractivity contribution in [2.45, 2.75) is 71.3 Å². The fourth-order valence-corrected chi connectivity index (χ4v) is 3.36. The van der Waals surface area contributed by atoms with Crippen LogP contribution in [0, 0.1) is 5.92 Å². The Morgan fingerprint density at radius 1 is 1.34 bits per heavy atom. The number of hydrogen-bond donors (Lipinski definition) is 2. The normalized spacial score (nSPS) is 23.3. The van der Waals surface area contributed by atoms with Crippen LogP contribution in [0.2, 0.25) is 0 Å². The Kier molecular flexibility index (Phi) is 11.2. The Hall–Kier alpha value is -2.92. The molecule has 1 aliphatic rings. The van der Waals surface area contributed by atoms with E-state index in [-0.39, 0.29) is 30.6 Å². The number of esters is 2. The quantitative estimate of drug-likeness (QED) is 0.385. The predicted octanol–water partition coefficient (Wildman–Crippen LogP) is 2.00. The molecule has 0 bridgehead atoms. The van der Waals surface area contributed by atoms with Crippen LogP contribution in [0.15, 0.2) is 12.3 Å². The van der Waals surface area contributed by atoms with Gasteiger partial charge in [-0.15, -0.1) is 0 Å². The molecule has 2 heterocycles. The lowest BCUT2D eigenvalue weighted by Gasteiger charge is -2.33. The molecule has 0 aliphatic carbocycles. The van der Waals surface area contributed by atoms with Crippen molar-refractivity contribution in [3.05, 3.63) is 18.0 Å². The summed E-state index contributed by atoms with van der Waals surface area (Å²) in [5, 5.41) is 12.7. The Labute approximate surface area is 205 Å². The summed E-state index contributed by atoms with van der Waals surface area (Å²) in [4.78, 5) is 41.9. The SMILES string of the molecule is CCCCO[C@H]1CCOC[C@H](NC(=O)c2nccc(OC)c2O)C(=O)O[C@@H](C)[C@@H]1OC(=O)C(C)C. The summed E-state index contributed by atoms with van der Waals surface area (Å²) in [5.74, 6) is -2.80. The summed E-state index contributed by atoms with van der Waals surface area (Å²) in [5.41, 5.74) is -0.310. The van der Waals surface area contributed by atoms with Crippen LogP contribution in [0.3, 0.4) is 0 Å². The second-order valence-corrected chi connectivity index (χ2v) is 8.56. The molecule has 0 spiro atoms. The Bertz CT molecular complexity index is 861. The van der Waals surface area contributed by atoms with E-state index in [4.69, 9.17) is 23.7 Å².